The number of hydrogen-bond donors (Lipinski definition) is 2. The molecule has 0 unspecified atom stereocenters. The van der Waals surface area contributed by atoms with Crippen LogP contribution >= 0.6 is 0 Å². The molecule has 3 aromatic carbocycles. The van der Waals surface area contributed by atoms with Gasteiger partial charge in [-0.25, -0.2) is 4.79 Å². The maximum Gasteiger partial charge on any atom is 0.340 e. The number of ether oxygens (including phenoxy) is 2. The Bertz CT molecular complexity index is 1010. The largest absolute Gasteiger partial charge is 0.508 e. The van der Waals surface area contributed by atoms with Crippen molar-refractivity contribution in [2.45, 2.75) is 5.60 Å². The maximum atomic E-state index is 12.5. The second kappa shape index (κ2) is 5.55. The fraction of sp³-hybridized carbons (Fsp3) is 0.0500. The van der Waals surface area contributed by atoms with Crippen molar-refractivity contribution < 1.29 is 24.5 Å². The zero-order chi connectivity index (χ0) is 17.2. The van der Waals surface area contributed by atoms with Gasteiger partial charge in [-0.3, -0.25) is 0 Å². The number of phenols is 2. The smallest absolute Gasteiger partial charge is 0.340 e. The average molecular weight is 407 g/mol. The van der Waals surface area contributed by atoms with Gasteiger partial charge in [0, 0.05) is 46.8 Å². The summed E-state index contributed by atoms with van der Waals surface area (Å²) in [6.07, 6.45) is 0. The summed E-state index contributed by atoms with van der Waals surface area (Å²) in [7, 11) is 0. The van der Waals surface area contributed by atoms with Gasteiger partial charge in [0.15, 0.2) is 5.60 Å². The first-order valence-electron chi connectivity index (χ1n) is 7.77. The predicted octanol–water partition coefficient (Wildman–Crippen LogP) is 3.29. The first-order chi connectivity index (χ1) is 12.1. The Kier molecular flexibility index (Phi) is 3.53. The molecule has 1 spiro atoms. The van der Waals surface area contributed by atoms with Crippen LogP contribution < -0.4 is 4.74 Å². The molecule has 2 heterocycles. The summed E-state index contributed by atoms with van der Waals surface area (Å²) in [6, 6.07) is 16.6. The molecule has 3 radical (unpaired) electrons. The molecule has 0 fully saturated rings. The number of benzene rings is 3. The van der Waals surface area contributed by atoms with Crippen molar-refractivity contribution in [2.75, 3.05) is 0 Å². The number of rotatable bonds is 0. The minimum absolute atomic E-state index is 0. The van der Waals surface area contributed by atoms with Crippen LogP contribution in [0.4, 0.5) is 0 Å². The van der Waals surface area contributed by atoms with Crippen LogP contribution in [0.3, 0.4) is 0 Å². The van der Waals surface area contributed by atoms with E-state index in [1.165, 1.54) is 24.3 Å². The van der Waals surface area contributed by atoms with Gasteiger partial charge in [0.1, 0.15) is 23.0 Å². The Morgan fingerprint density at radius 1 is 0.769 bits per heavy atom. The first-order valence-corrected chi connectivity index (χ1v) is 7.77. The summed E-state index contributed by atoms with van der Waals surface area (Å²) < 4.78 is 11.8. The van der Waals surface area contributed by atoms with Crippen LogP contribution in [0, 0.1) is 0 Å². The quantitative estimate of drug-likeness (QED) is 0.442. The van der Waals surface area contributed by atoms with E-state index in [4.69, 9.17) is 9.47 Å². The van der Waals surface area contributed by atoms with Crippen LogP contribution in [-0.4, -0.2) is 34.1 Å². The number of carbonyl (C=O) groups is 1. The van der Waals surface area contributed by atoms with Gasteiger partial charge in [0.25, 0.3) is 0 Å². The topological polar surface area (TPSA) is 76.0 Å². The van der Waals surface area contributed by atoms with Gasteiger partial charge in [0.05, 0.1) is 5.56 Å². The van der Waals surface area contributed by atoms with Crippen LogP contribution in [0.25, 0.3) is 0 Å². The van der Waals surface area contributed by atoms with Crippen molar-refractivity contribution in [3.63, 3.8) is 0 Å². The second-order valence-corrected chi connectivity index (χ2v) is 6.08. The molecule has 6 heteroatoms. The second-order valence-electron chi connectivity index (χ2n) is 6.08. The zero-order valence-corrected chi connectivity index (χ0v) is 15.2. The van der Waals surface area contributed by atoms with Crippen LogP contribution in [0.1, 0.15) is 27.0 Å². The fourth-order valence-electron chi connectivity index (χ4n) is 3.65. The number of carbonyl (C=O) groups excluding carboxylic acids is 1. The molecule has 127 valence electrons. The number of phenolic OH excluding ortho intramolecular Hbond substituents is 2. The van der Waals surface area contributed by atoms with Gasteiger partial charge in [0.2, 0.25) is 0 Å². The van der Waals surface area contributed by atoms with Crippen LogP contribution in [0.5, 0.6) is 23.0 Å². The first kappa shape index (κ1) is 16.6. The molecule has 0 aromatic heterocycles. The van der Waals surface area contributed by atoms with Gasteiger partial charge in [-0.2, -0.15) is 0 Å². The van der Waals surface area contributed by atoms with E-state index in [0.29, 0.717) is 33.8 Å². The summed E-state index contributed by atoms with van der Waals surface area (Å²) in [5.74, 6) is 0.408. The third kappa shape index (κ3) is 2.01. The van der Waals surface area contributed by atoms with E-state index < -0.39 is 11.6 Å². The number of esters is 1. The zero-order valence-electron chi connectivity index (χ0n) is 13.3. The predicted molar refractivity (Wildman–Crippen MR) is 93.8 cm³/mol. The third-order valence-electron chi connectivity index (χ3n) is 4.68. The number of fused-ring (bicyclic) bond motifs is 6. The van der Waals surface area contributed by atoms with E-state index >= 15 is 0 Å². The summed E-state index contributed by atoms with van der Waals surface area (Å²) in [5.41, 5.74) is 1.28. The molecule has 2 N–H and O–H groups in total. The molecule has 0 bridgehead atoms. The van der Waals surface area contributed by atoms with E-state index in [9.17, 15) is 15.0 Å². The fourth-order valence-corrected chi connectivity index (χ4v) is 3.65. The third-order valence-corrected chi connectivity index (χ3v) is 4.68. The van der Waals surface area contributed by atoms with Crippen molar-refractivity contribution in [2.24, 2.45) is 0 Å². The Balaban J connectivity index is 0.00000168. The normalized spacial score (nSPS) is 15.2. The molecular formula is C20H12AsO5. The van der Waals surface area contributed by atoms with E-state index in [2.05, 4.69) is 0 Å². The molecule has 0 saturated heterocycles. The van der Waals surface area contributed by atoms with Gasteiger partial charge < -0.3 is 19.7 Å². The molecule has 2 aliphatic rings. The van der Waals surface area contributed by atoms with Crippen molar-refractivity contribution in [1.82, 2.24) is 0 Å². The molecule has 0 amide bonds. The minimum atomic E-state index is -1.17. The van der Waals surface area contributed by atoms with Gasteiger partial charge in [-0.15, -0.1) is 0 Å². The Morgan fingerprint density at radius 3 is 1.96 bits per heavy atom. The van der Waals surface area contributed by atoms with Crippen LogP contribution in [-0.2, 0) is 10.3 Å². The molecule has 5 rings (SSSR count). The molecule has 0 aliphatic carbocycles. The molecular weight excluding hydrogens is 395 g/mol. The van der Waals surface area contributed by atoms with Crippen molar-refractivity contribution in [3.05, 3.63) is 82.9 Å². The van der Waals surface area contributed by atoms with Gasteiger partial charge in [-0.1, -0.05) is 18.2 Å². The van der Waals surface area contributed by atoms with Gasteiger partial charge >= 0.3 is 5.97 Å². The summed E-state index contributed by atoms with van der Waals surface area (Å²) in [5, 5.41) is 19.7. The van der Waals surface area contributed by atoms with E-state index in [1.54, 1.807) is 24.3 Å². The van der Waals surface area contributed by atoms with Gasteiger partial charge in [-0.05, 0) is 30.3 Å². The van der Waals surface area contributed by atoms with Crippen molar-refractivity contribution >= 4 is 23.9 Å². The molecule has 0 atom stereocenters. The average Bonchev–Trinajstić information content (AvgIpc) is 2.88. The van der Waals surface area contributed by atoms with E-state index in [0.717, 1.165) is 0 Å². The number of hydrogen-bond acceptors (Lipinski definition) is 5. The monoisotopic (exact) mass is 407 g/mol. The summed E-state index contributed by atoms with van der Waals surface area (Å²) in [6.45, 7) is 0. The summed E-state index contributed by atoms with van der Waals surface area (Å²) in [4.78, 5) is 12.5. The van der Waals surface area contributed by atoms with Crippen molar-refractivity contribution in [3.8, 4) is 23.0 Å². The Hall–Kier alpha value is -2.91. The Labute approximate surface area is 160 Å². The molecule has 5 nitrogen and oxygen atoms in total. The minimum Gasteiger partial charge on any atom is -0.508 e. The van der Waals surface area contributed by atoms with Crippen LogP contribution in [0.15, 0.2) is 60.7 Å². The molecule has 26 heavy (non-hydrogen) atoms. The van der Waals surface area contributed by atoms with E-state index in [-0.39, 0.29) is 29.5 Å². The SMILES string of the molecule is O=C1OC2(c3ccc(O)cc3Oc3cc(O)ccc32)c2ccccc21.[As]. The molecule has 0 saturated carbocycles. The van der Waals surface area contributed by atoms with Crippen LogP contribution in [0.2, 0.25) is 0 Å². The molecule has 2 aliphatic heterocycles. The standard InChI is InChI=1S/C20H12O5.As/c21-11-5-7-15-17(9-11)24-18-10-12(22)6-8-16(18)20(15)14-4-2-1-3-13(14)19(23)25-20;/h1-10,21-22H;. The summed E-state index contributed by atoms with van der Waals surface area (Å²) >= 11 is 0. The Morgan fingerprint density at radius 2 is 1.35 bits per heavy atom. The van der Waals surface area contributed by atoms with E-state index in [1.807, 2.05) is 12.1 Å². The maximum absolute atomic E-state index is 12.5. The number of aromatic hydroxyl groups is 2. The molecule has 3 aromatic rings. The van der Waals surface area contributed by atoms with Crippen molar-refractivity contribution in [1.29, 1.82) is 0 Å².